The highest BCUT2D eigenvalue weighted by atomic mass is 16.5. The number of carbonyl (C=O) groups excluding carboxylic acids is 3. The van der Waals surface area contributed by atoms with Crippen LogP contribution in [0.2, 0.25) is 0 Å². The van der Waals surface area contributed by atoms with Crippen LogP contribution in [0.1, 0.15) is 54.8 Å². The maximum absolute atomic E-state index is 12.9. The summed E-state index contributed by atoms with van der Waals surface area (Å²) in [5.41, 5.74) is 2.42. The third kappa shape index (κ3) is 3.44. The van der Waals surface area contributed by atoms with E-state index in [0.29, 0.717) is 29.8 Å². The number of hydrogen-bond acceptors (Lipinski definition) is 5. The fraction of sp³-hybridized carbons (Fsp3) is 0.167. The van der Waals surface area contributed by atoms with Crippen LogP contribution >= 0.6 is 0 Å². The van der Waals surface area contributed by atoms with Crippen molar-refractivity contribution in [3.05, 3.63) is 94.8 Å². The van der Waals surface area contributed by atoms with Gasteiger partial charge >= 0.3 is 0 Å². The van der Waals surface area contributed by atoms with Crippen LogP contribution in [0, 0.1) is 0 Å². The van der Waals surface area contributed by atoms with E-state index in [1.807, 2.05) is 24.3 Å². The molecule has 7 heteroatoms. The second-order valence-electron chi connectivity index (χ2n) is 7.48. The van der Waals surface area contributed by atoms with Gasteiger partial charge in [-0.15, -0.1) is 0 Å². The van der Waals surface area contributed by atoms with Gasteiger partial charge in [0.25, 0.3) is 17.7 Å². The first kappa shape index (κ1) is 19.0. The van der Waals surface area contributed by atoms with Gasteiger partial charge < -0.3 is 10.1 Å². The number of carbonyl (C=O) groups is 3. The van der Waals surface area contributed by atoms with E-state index in [4.69, 9.17) is 4.74 Å². The first-order valence-corrected chi connectivity index (χ1v) is 10.0. The lowest BCUT2D eigenvalue weighted by Gasteiger charge is -2.26. The minimum Gasteiger partial charge on any atom is -0.493 e. The van der Waals surface area contributed by atoms with E-state index >= 15 is 0 Å². The summed E-state index contributed by atoms with van der Waals surface area (Å²) in [7, 11) is 0. The van der Waals surface area contributed by atoms with Gasteiger partial charge in [0.1, 0.15) is 5.75 Å². The van der Waals surface area contributed by atoms with Gasteiger partial charge in [0.15, 0.2) is 0 Å². The Bertz CT molecular complexity index is 1190. The number of aromatic nitrogens is 1. The summed E-state index contributed by atoms with van der Waals surface area (Å²) >= 11 is 0. The Balaban J connectivity index is 1.36. The van der Waals surface area contributed by atoms with Crippen LogP contribution in [-0.4, -0.2) is 34.2 Å². The molecule has 1 aromatic heterocycles. The van der Waals surface area contributed by atoms with Crippen molar-refractivity contribution in [2.75, 3.05) is 6.61 Å². The van der Waals surface area contributed by atoms with Crippen LogP contribution in [-0.2, 0) is 6.54 Å². The number of fused-ring (bicyclic) bond motifs is 2. The second kappa shape index (κ2) is 7.68. The molecule has 2 aromatic carbocycles. The van der Waals surface area contributed by atoms with Crippen LogP contribution < -0.4 is 10.1 Å². The lowest BCUT2D eigenvalue weighted by molar-refractivity contribution is 0.0640. The van der Waals surface area contributed by atoms with Gasteiger partial charge in [-0.25, -0.2) is 0 Å². The van der Waals surface area contributed by atoms with Gasteiger partial charge in [0.05, 0.1) is 36.0 Å². The molecule has 0 fully saturated rings. The molecule has 3 amide bonds. The van der Waals surface area contributed by atoms with Crippen LogP contribution in [0.4, 0.5) is 0 Å². The molecule has 0 saturated carbocycles. The Morgan fingerprint density at radius 1 is 1.03 bits per heavy atom. The van der Waals surface area contributed by atoms with Crippen molar-refractivity contribution in [2.45, 2.75) is 19.0 Å². The highest BCUT2D eigenvalue weighted by molar-refractivity contribution is 6.22. The third-order valence-corrected chi connectivity index (χ3v) is 5.54. The molecule has 0 spiro atoms. The van der Waals surface area contributed by atoms with Gasteiger partial charge in [-0.05, 0) is 36.4 Å². The highest BCUT2D eigenvalue weighted by Crippen LogP contribution is 2.32. The molecule has 154 valence electrons. The average molecular weight is 413 g/mol. The van der Waals surface area contributed by atoms with E-state index in [9.17, 15) is 14.4 Å². The van der Waals surface area contributed by atoms with E-state index in [1.165, 1.54) is 6.07 Å². The molecule has 1 N–H and O–H groups in total. The first-order valence-electron chi connectivity index (χ1n) is 10.0. The number of nitrogens with one attached hydrogen (secondary N) is 1. The summed E-state index contributed by atoms with van der Waals surface area (Å²) in [5.74, 6) is -0.334. The maximum atomic E-state index is 12.9. The molecule has 0 radical (unpaired) electrons. The average Bonchev–Trinajstić information content (AvgIpc) is 3.04. The summed E-state index contributed by atoms with van der Waals surface area (Å²) < 4.78 is 5.64. The molecule has 0 saturated heterocycles. The Hall–Kier alpha value is -4.00. The molecule has 0 bridgehead atoms. The molecular weight excluding hydrogens is 394 g/mol. The molecule has 7 nitrogen and oxygen atoms in total. The standard InChI is InChI=1S/C24H19N3O4/c28-22(26-20-10-12-31-21-7-2-1-6-18(20)21)15-8-9-17-19(13-15)24(30)27(23(17)29)14-16-5-3-4-11-25-16/h1-9,11,13,20H,10,12,14H2,(H,26,28). The number of benzene rings is 2. The molecule has 2 aliphatic rings. The fourth-order valence-electron chi connectivity index (χ4n) is 3.96. The Kier molecular flexibility index (Phi) is 4.71. The minimum absolute atomic E-state index is 0.0908. The molecule has 2 aliphatic heterocycles. The number of para-hydroxylation sites is 1. The zero-order valence-electron chi connectivity index (χ0n) is 16.6. The Labute approximate surface area is 178 Å². The maximum Gasteiger partial charge on any atom is 0.261 e. The van der Waals surface area contributed by atoms with E-state index < -0.39 is 5.91 Å². The van der Waals surface area contributed by atoms with Crippen molar-refractivity contribution >= 4 is 17.7 Å². The second-order valence-corrected chi connectivity index (χ2v) is 7.48. The monoisotopic (exact) mass is 413 g/mol. The zero-order chi connectivity index (χ0) is 21.4. The molecule has 3 heterocycles. The smallest absolute Gasteiger partial charge is 0.261 e. The highest BCUT2D eigenvalue weighted by Gasteiger charge is 2.36. The van der Waals surface area contributed by atoms with Crippen molar-refractivity contribution in [1.82, 2.24) is 15.2 Å². The van der Waals surface area contributed by atoms with Gasteiger partial charge in [0, 0.05) is 23.7 Å². The fourth-order valence-corrected chi connectivity index (χ4v) is 3.96. The number of imide groups is 1. The lowest BCUT2D eigenvalue weighted by Crippen LogP contribution is -2.32. The van der Waals surface area contributed by atoms with Gasteiger partial charge in [-0.1, -0.05) is 24.3 Å². The summed E-state index contributed by atoms with van der Waals surface area (Å²) in [4.78, 5) is 43.8. The van der Waals surface area contributed by atoms with Crippen LogP contribution in [0.25, 0.3) is 0 Å². The van der Waals surface area contributed by atoms with Crippen LogP contribution in [0.3, 0.4) is 0 Å². The molecule has 3 aromatic rings. The van der Waals surface area contributed by atoms with Crippen LogP contribution in [0.5, 0.6) is 5.75 Å². The van der Waals surface area contributed by atoms with Crippen molar-refractivity contribution in [2.24, 2.45) is 0 Å². The molecule has 31 heavy (non-hydrogen) atoms. The van der Waals surface area contributed by atoms with E-state index in [0.717, 1.165) is 16.2 Å². The topological polar surface area (TPSA) is 88.6 Å². The summed E-state index contributed by atoms with van der Waals surface area (Å²) in [6.45, 7) is 0.606. The minimum atomic E-state index is -0.420. The Morgan fingerprint density at radius 2 is 1.84 bits per heavy atom. The van der Waals surface area contributed by atoms with Crippen molar-refractivity contribution in [3.8, 4) is 5.75 Å². The lowest BCUT2D eigenvalue weighted by atomic mass is 9.99. The van der Waals surface area contributed by atoms with E-state index in [2.05, 4.69) is 10.3 Å². The summed E-state index contributed by atoms with van der Waals surface area (Å²) in [5, 5.41) is 3.02. The summed E-state index contributed by atoms with van der Waals surface area (Å²) in [6.07, 6.45) is 2.27. The molecule has 1 atom stereocenters. The number of hydrogen-bond donors (Lipinski definition) is 1. The summed E-state index contributed by atoms with van der Waals surface area (Å²) in [6, 6.07) is 17.4. The number of nitrogens with zero attached hydrogens (tertiary/aromatic N) is 2. The SMILES string of the molecule is O=C(NC1CCOc2ccccc21)c1ccc2c(c1)C(=O)N(Cc1ccccn1)C2=O. The van der Waals surface area contributed by atoms with E-state index in [1.54, 1.807) is 36.5 Å². The molecular formula is C24H19N3O4. The van der Waals surface area contributed by atoms with E-state index in [-0.39, 0.29) is 30.0 Å². The normalized spacial score (nSPS) is 17.0. The quantitative estimate of drug-likeness (QED) is 0.664. The Morgan fingerprint density at radius 3 is 2.68 bits per heavy atom. The predicted molar refractivity (Wildman–Crippen MR) is 112 cm³/mol. The van der Waals surface area contributed by atoms with Crippen LogP contribution in [0.15, 0.2) is 66.9 Å². The van der Waals surface area contributed by atoms with Gasteiger partial charge in [0.2, 0.25) is 0 Å². The number of pyridine rings is 1. The number of amides is 3. The third-order valence-electron chi connectivity index (χ3n) is 5.54. The predicted octanol–water partition coefficient (Wildman–Crippen LogP) is 3.13. The van der Waals surface area contributed by atoms with Gasteiger partial charge in [-0.2, -0.15) is 0 Å². The van der Waals surface area contributed by atoms with Crippen molar-refractivity contribution in [1.29, 1.82) is 0 Å². The number of rotatable bonds is 4. The largest absolute Gasteiger partial charge is 0.493 e. The van der Waals surface area contributed by atoms with Crippen molar-refractivity contribution < 1.29 is 19.1 Å². The number of ether oxygens (including phenoxy) is 1. The molecule has 0 aliphatic carbocycles. The molecule has 1 unspecified atom stereocenters. The van der Waals surface area contributed by atoms with Gasteiger partial charge in [-0.3, -0.25) is 24.3 Å². The zero-order valence-corrected chi connectivity index (χ0v) is 16.6. The first-order chi connectivity index (χ1) is 15.1. The van der Waals surface area contributed by atoms with Crippen molar-refractivity contribution in [3.63, 3.8) is 0 Å². The molecule has 5 rings (SSSR count).